The zero-order valence-electron chi connectivity index (χ0n) is 13.8. The molecule has 3 N–H and O–H groups in total. The SMILES string of the molecule is COc1cc(NCCNCc2ccc(C(=O)O)cc2)cc(OC)c1. The fraction of sp³-hybridized carbons (Fsp3) is 0.278. The van der Waals surface area contributed by atoms with Crippen molar-refractivity contribution in [1.82, 2.24) is 5.32 Å². The number of ether oxygens (including phenoxy) is 2. The molecule has 0 spiro atoms. The lowest BCUT2D eigenvalue weighted by Crippen LogP contribution is -2.21. The van der Waals surface area contributed by atoms with Crippen LogP contribution in [0.5, 0.6) is 11.5 Å². The zero-order valence-corrected chi connectivity index (χ0v) is 13.8. The van der Waals surface area contributed by atoms with Gasteiger partial charge in [0, 0.05) is 43.5 Å². The number of anilines is 1. The molecule has 2 aromatic carbocycles. The van der Waals surface area contributed by atoms with Crippen LogP contribution in [0.3, 0.4) is 0 Å². The average molecular weight is 330 g/mol. The Morgan fingerprint density at radius 3 is 2.17 bits per heavy atom. The minimum Gasteiger partial charge on any atom is -0.497 e. The molecule has 0 atom stereocenters. The Balaban J connectivity index is 1.76. The van der Waals surface area contributed by atoms with Crippen molar-refractivity contribution in [2.45, 2.75) is 6.54 Å². The van der Waals surface area contributed by atoms with Gasteiger partial charge in [-0.2, -0.15) is 0 Å². The van der Waals surface area contributed by atoms with Gasteiger partial charge in [0.15, 0.2) is 0 Å². The second-order valence-electron chi connectivity index (χ2n) is 5.21. The van der Waals surface area contributed by atoms with Gasteiger partial charge in [0.1, 0.15) is 11.5 Å². The molecule has 128 valence electrons. The topological polar surface area (TPSA) is 79.8 Å². The van der Waals surface area contributed by atoms with Crippen molar-refractivity contribution in [2.75, 3.05) is 32.6 Å². The molecule has 0 fully saturated rings. The first-order valence-corrected chi connectivity index (χ1v) is 7.62. The van der Waals surface area contributed by atoms with Crippen molar-refractivity contribution in [3.63, 3.8) is 0 Å². The minimum atomic E-state index is -0.910. The molecule has 6 nitrogen and oxygen atoms in total. The van der Waals surface area contributed by atoms with Crippen molar-refractivity contribution in [3.05, 3.63) is 53.6 Å². The van der Waals surface area contributed by atoms with Crippen LogP contribution in [0.4, 0.5) is 5.69 Å². The van der Waals surface area contributed by atoms with Crippen LogP contribution in [0.1, 0.15) is 15.9 Å². The molecule has 0 saturated carbocycles. The summed E-state index contributed by atoms with van der Waals surface area (Å²) in [6.45, 7) is 2.19. The predicted molar refractivity (Wildman–Crippen MR) is 93.1 cm³/mol. The maximum Gasteiger partial charge on any atom is 0.335 e. The number of carbonyl (C=O) groups is 1. The third kappa shape index (κ3) is 5.17. The number of hydrogen-bond acceptors (Lipinski definition) is 5. The summed E-state index contributed by atoms with van der Waals surface area (Å²) in [7, 11) is 3.24. The number of methoxy groups -OCH3 is 2. The fourth-order valence-electron chi connectivity index (χ4n) is 2.20. The summed E-state index contributed by atoms with van der Waals surface area (Å²) in [5.41, 5.74) is 2.27. The number of nitrogens with one attached hydrogen (secondary N) is 2. The van der Waals surface area contributed by atoms with Crippen molar-refractivity contribution >= 4 is 11.7 Å². The first-order valence-electron chi connectivity index (χ1n) is 7.62. The molecule has 0 amide bonds. The van der Waals surface area contributed by atoms with Crippen molar-refractivity contribution in [1.29, 1.82) is 0 Å². The monoisotopic (exact) mass is 330 g/mol. The van der Waals surface area contributed by atoms with E-state index in [9.17, 15) is 4.79 Å². The molecular weight excluding hydrogens is 308 g/mol. The van der Waals surface area contributed by atoms with E-state index in [0.29, 0.717) is 12.1 Å². The highest BCUT2D eigenvalue weighted by atomic mass is 16.5. The second kappa shape index (κ2) is 8.79. The fourth-order valence-corrected chi connectivity index (χ4v) is 2.20. The predicted octanol–water partition coefficient (Wildman–Crippen LogP) is 2.60. The number of rotatable bonds is 9. The Morgan fingerprint density at radius 2 is 1.62 bits per heavy atom. The Bertz CT molecular complexity index is 649. The Labute approximate surface area is 141 Å². The van der Waals surface area contributed by atoms with E-state index in [1.165, 1.54) is 0 Å². The first kappa shape index (κ1) is 17.6. The van der Waals surface area contributed by atoms with Gasteiger partial charge in [0.25, 0.3) is 0 Å². The normalized spacial score (nSPS) is 10.2. The van der Waals surface area contributed by atoms with Crippen molar-refractivity contribution in [3.8, 4) is 11.5 Å². The standard InChI is InChI=1S/C18H22N2O4/c1-23-16-9-15(10-17(11-16)24-2)20-8-7-19-12-13-3-5-14(6-4-13)18(21)22/h3-6,9-11,19-20H,7-8,12H2,1-2H3,(H,21,22). The van der Waals surface area contributed by atoms with E-state index >= 15 is 0 Å². The Kier molecular flexibility index (Phi) is 6.45. The van der Waals surface area contributed by atoms with Crippen LogP contribution in [-0.4, -0.2) is 38.4 Å². The van der Waals surface area contributed by atoms with E-state index in [4.69, 9.17) is 14.6 Å². The van der Waals surface area contributed by atoms with Crippen molar-refractivity contribution < 1.29 is 19.4 Å². The van der Waals surface area contributed by atoms with Gasteiger partial charge in [-0.3, -0.25) is 0 Å². The van der Waals surface area contributed by atoms with Gasteiger partial charge in [0.05, 0.1) is 19.8 Å². The molecule has 0 radical (unpaired) electrons. The van der Waals surface area contributed by atoms with Crippen LogP contribution in [-0.2, 0) is 6.54 Å². The molecule has 0 aliphatic heterocycles. The summed E-state index contributed by atoms with van der Waals surface area (Å²) >= 11 is 0. The Morgan fingerprint density at radius 1 is 1.00 bits per heavy atom. The molecule has 0 saturated heterocycles. The molecule has 0 aliphatic rings. The van der Waals surface area contributed by atoms with Crippen LogP contribution < -0.4 is 20.1 Å². The van der Waals surface area contributed by atoms with Crippen LogP contribution in [0.15, 0.2) is 42.5 Å². The van der Waals surface area contributed by atoms with Crippen LogP contribution in [0.2, 0.25) is 0 Å². The summed E-state index contributed by atoms with van der Waals surface area (Å²) in [6.07, 6.45) is 0. The van der Waals surface area contributed by atoms with E-state index in [2.05, 4.69) is 10.6 Å². The number of hydrogen-bond donors (Lipinski definition) is 3. The number of aromatic carboxylic acids is 1. The van der Waals surface area contributed by atoms with E-state index in [0.717, 1.165) is 35.8 Å². The lowest BCUT2D eigenvalue weighted by atomic mass is 10.1. The van der Waals surface area contributed by atoms with Gasteiger partial charge >= 0.3 is 5.97 Å². The summed E-state index contributed by atoms with van der Waals surface area (Å²) in [4.78, 5) is 10.8. The Hall–Kier alpha value is -2.73. The maximum atomic E-state index is 10.8. The molecule has 0 aromatic heterocycles. The van der Waals surface area contributed by atoms with Gasteiger partial charge in [0.2, 0.25) is 0 Å². The van der Waals surface area contributed by atoms with Gasteiger partial charge in [-0.1, -0.05) is 12.1 Å². The molecule has 0 bridgehead atoms. The molecular formula is C18H22N2O4. The van der Waals surface area contributed by atoms with E-state index < -0.39 is 5.97 Å². The highest BCUT2D eigenvalue weighted by molar-refractivity contribution is 5.87. The van der Waals surface area contributed by atoms with Crippen LogP contribution >= 0.6 is 0 Å². The molecule has 0 heterocycles. The number of benzene rings is 2. The third-order valence-electron chi connectivity index (χ3n) is 3.51. The summed E-state index contributed by atoms with van der Waals surface area (Å²) in [5.74, 6) is 0.569. The summed E-state index contributed by atoms with van der Waals surface area (Å²) in [6, 6.07) is 12.5. The second-order valence-corrected chi connectivity index (χ2v) is 5.21. The van der Waals surface area contributed by atoms with Gasteiger partial charge < -0.3 is 25.2 Å². The van der Waals surface area contributed by atoms with Crippen molar-refractivity contribution in [2.24, 2.45) is 0 Å². The average Bonchev–Trinajstić information content (AvgIpc) is 2.61. The molecule has 6 heteroatoms. The van der Waals surface area contributed by atoms with E-state index in [1.807, 2.05) is 30.3 Å². The smallest absolute Gasteiger partial charge is 0.335 e. The molecule has 0 aliphatic carbocycles. The quantitative estimate of drug-likeness (QED) is 0.613. The molecule has 24 heavy (non-hydrogen) atoms. The largest absolute Gasteiger partial charge is 0.497 e. The number of carboxylic acid groups (broad SMARTS) is 1. The van der Waals surface area contributed by atoms with Crippen LogP contribution in [0.25, 0.3) is 0 Å². The lowest BCUT2D eigenvalue weighted by molar-refractivity contribution is 0.0697. The summed E-state index contributed by atoms with van der Waals surface area (Å²) in [5, 5.41) is 15.5. The highest BCUT2D eigenvalue weighted by Gasteiger charge is 2.02. The molecule has 2 rings (SSSR count). The van der Waals surface area contributed by atoms with Crippen LogP contribution in [0, 0.1) is 0 Å². The minimum absolute atomic E-state index is 0.299. The number of carboxylic acids is 1. The van der Waals surface area contributed by atoms with E-state index in [1.54, 1.807) is 26.4 Å². The zero-order chi connectivity index (χ0) is 17.4. The molecule has 2 aromatic rings. The van der Waals surface area contributed by atoms with Gasteiger partial charge in [-0.05, 0) is 17.7 Å². The first-order chi connectivity index (χ1) is 11.6. The summed E-state index contributed by atoms with van der Waals surface area (Å²) < 4.78 is 10.5. The lowest BCUT2D eigenvalue weighted by Gasteiger charge is -2.11. The van der Waals surface area contributed by atoms with Gasteiger partial charge in [-0.15, -0.1) is 0 Å². The van der Waals surface area contributed by atoms with E-state index in [-0.39, 0.29) is 0 Å². The highest BCUT2D eigenvalue weighted by Crippen LogP contribution is 2.25. The van der Waals surface area contributed by atoms with Gasteiger partial charge in [-0.25, -0.2) is 4.79 Å². The molecule has 0 unspecified atom stereocenters. The maximum absolute atomic E-state index is 10.8. The third-order valence-corrected chi connectivity index (χ3v) is 3.51.